The molecule has 2 N–H and O–H groups in total. The number of imide groups is 1. The van der Waals surface area contributed by atoms with Gasteiger partial charge in [-0.1, -0.05) is 26.0 Å². The molecule has 1 atom stereocenters. The van der Waals surface area contributed by atoms with Gasteiger partial charge < -0.3 is 15.2 Å². The minimum absolute atomic E-state index is 0.0343. The van der Waals surface area contributed by atoms with Crippen molar-refractivity contribution in [2.75, 3.05) is 13.2 Å². The number of urea groups is 1. The van der Waals surface area contributed by atoms with Gasteiger partial charge in [-0.2, -0.15) is 0 Å². The first-order valence-corrected chi connectivity index (χ1v) is 9.47. The maximum atomic E-state index is 12.8. The number of ether oxygens (including phenoxy) is 1. The van der Waals surface area contributed by atoms with Gasteiger partial charge >= 0.3 is 6.03 Å². The van der Waals surface area contributed by atoms with Crippen molar-refractivity contribution in [1.29, 1.82) is 0 Å². The van der Waals surface area contributed by atoms with Gasteiger partial charge in [0.25, 0.3) is 5.91 Å². The summed E-state index contributed by atoms with van der Waals surface area (Å²) in [6.07, 6.45) is 3.24. The lowest BCUT2D eigenvalue weighted by atomic mass is 9.77. The number of nitrogens with one attached hydrogen (secondary N) is 1. The molecule has 26 heavy (non-hydrogen) atoms. The van der Waals surface area contributed by atoms with Crippen molar-refractivity contribution >= 4 is 11.9 Å². The van der Waals surface area contributed by atoms with E-state index in [1.807, 2.05) is 24.3 Å². The third kappa shape index (κ3) is 3.85. The van der Waals surface area contributed by atoms with Gasteiger partial charge in [-0.3, -0.25) is 9.69 Å². The van der Waals surface area contributed by atoms with Crippen LogP contribution in [0.1, 0.15) is 45.1 Å². The van der Waals surface area contributed by atoms with Crippen LogP contribution in [0.3, 0.4) is 0 Å². The molecule has 1 saturated heterocycles. The predicted molar refractivity (Wildman–Crippen MR) is 97.9 cm³/mol. The largest absolute Gasteiger partial charge is 0.491 e. The number of aryl methyl sites for hydroxylation is 1. The number of carbonyl (C=O) groups excluding carboxylic acids is 2. The monoisotopic (exact) mass is 360 g/mol. The summed E-state index contributed by atoms with van der Waals surface area (Å²) in [6.45, 7) is 4.24. The molecule has 1 aliphatic heterocycles. The zero-order valence-electron chi connectivity index (χ0n) is 15.5. The Morgan fingerprint density at radius 1 is 1.27 bits per heavy atom. The van der Waals surface area contributed by atoms with Crippen LogP contribution in [-0.2, 0) is 11.2 Å². The maximum absolute atomic E-state index is 12.8. The van der Waals surface area contributed by atoms with Crippen molar-refractivity contribution in [3.05, 3.63) is 29.8 Å². The molecule has 2 fully saturated rings. The molecule has 0 bridgehead atoms. The average Bonchev–Trinajstić information content (AvgIpc) is 2.87. The molecule has 1 heterocycles. The Kier molecular flexibility index (Phi) is 5.51. The van der Waals surface area contributed by atoms with E-state index in [0.29, 0.717) is 24.5 Å². The lowest BCUT2D eigenvalue weighted by molar-refractivity contribution is -0.133. The minimum atomic E-state index is -0.923. The fourth-order valence-corrected chi connectivity index (χ4v) is 3.71. The van der Waals surface area contributed by atoms with Crippen LogP contribution in [0.4, 0.5) is 4.79 Å². The standard InChI is InChI=1S/C20H28N2O4/c1-3-15-4-6-17(7-5-15)26-13-16(23)12-22-18(24)20(21-19(22)25)10-8-14(2)9-11-20/h4-7,14,16,23H,3,8-13H2,1-2H3,(H,21,25)/t14?,16-,20?/m1/s1. The van der Waals surface area contributed by atoms with Gasteiger partial charge in [0.2, 0.25) is 0 Å². The van der Waals surface area contributed by atoms with Crippen LogP contribution in [0, 0.1) is 5.92 Å². The molecule has 2 aliphatic rings. The van der Waals surface area contributed by atoms with E-state index >= 15 is 0 Å². The lowest BCUT2D eigenvalue weighted by Gasteiger charge is -2.33. The van der Waals surface area contributed by atoms with Crippen LogP contribution < -0.4 is 10.1 Å². The molecular formula is C20H28N2O4. The number of β-amino-alcohol motifs (C(OH)–C–C–N with tert-alkyl or cyclic N) is 1. The van der Waals surface area contributed by atoms with E-state index < -0.39 is 17.7 Å². The molecule has 0 radical (unpaired) electrons. The average molecular weight is 360 g/mol. The van der Waals surface area contributed by atoms with Gasteiger partial charge in [0.05, 0.1) is 6.54 Å². The highest BCUT2D eigenvalue weighted by atomic mass is 16.5. The van der Waals surface area contributed by atoms with Crippen molar-refractivity contribution in [3.8, 4) is 5.75 Å². The number of aliphatic hydroxyl groups excluding tert-OH is 1. The Balaban J connectivity index is 1.54. The summed E-state index contributed by atoms with van der Waals surface area (Å²) in [5, 5.41) is 13.1. The van der Waals surface area contributed by atoms with Gasteiger partial charge in [0.1, 0.15) is 24.0 Å². The summed E-state index contributed by atoms with van der Waals surface area (Å²) in [5.41, 5.74) is 0.449. The van der Waals surface area contributed by atoms with Gasteiger partial charge in [-0.25, -0.2) is 4.79 Å². The van der Waals surface area contributed by atoms with Crippen molar-refractivity contribution in [3.63, 3.8) is 0 Å². The fraction of sp³-hybridized carbons (Fsp3) is 0.600. The quantitative estimate of drug-likeness (QED) is 0.764. The van der Waals surface area contributed by atoms with Crippen molar-refractivity contribution in [1.82, 2.24) is 10.2 Å². The molecule has 0 unspecified atom stereocenters. The maximum Gasteiger partial charge on any atom is 0.325 e. The molecule has 3 amide bonds. The molecule has 0 aromatic heterocycles. The van der Waals surface area contributed by atoms with Gasteiger partial charge in [-0.15, -0.1) is 0 Å². The zero-order chi connectivity index (χ0) is 18.7. The highest BCUT2D eigenvalue weighted by Crippen LogP contribution is 2.36. The SMILES string of the molecule is CCc1ccc(OC[C@H](O)CN2C(=O)NC3(CCC(C)CC3)C2=O)cc1. The molecule has 1 aromatic rings. The first-order valence-electron chi connectivity index (χ1n) is 9.47. The summed E-state index contributed by atoms with van der Waals surface area (Å²) < 4.78 is 5.58. The number of rotatable bonds is 6. The third-order valence-corrected chi connectivity index (χ3v) is 5.54. The second kappa shape index (κ2) is 7.66. The van der Waals surface area contributed by atoms with Crippen LogP contribution in [-0.4, -0.2) is 46.7 Å². The topological polar surface area (TPSA) is 78.9 Å². The van der Waals surface area contributed by atoms with Gasteiger partial charge in [-0.05, 0) is 55.7 Å². The molecule has 142 valence electrons. The molecular weight excluding hydrogens is 332 g/mol. The Hall–Kier alpha value is -2.08. The second-order valence-corrected chi connectivity index (χ2v) is 7.57. The molecule has 1 spiro atoms. The van der Waals surface area contributed by atoms with Gasteiger partial charge in [0.15, 0.2) is 0 Å². The summed E-state index contributed by atoms with van der Waals surface area (Å²) in [5.74, 6) is 1.04. The van der Waals surface area contributed by atoms with Crippen LogP contribution >= 0.6 is 0 Å². The fourth-order valence-electron chi connectivity index (χ4n) is 3.71. The Labute approximate surface area is 154 Å². The number of benzene rings is 1. The summed E-state index contributed by atoms with van der Waals surface area (Å²) in [4.78, 5) is 26.2. The molecule has 1 saturated carbocycles. The number of carbonyl (C=O) groups is 2. The number of aliphatic hydroxyl groups is 1. The normalized spacial score (nSPS) is 26.9. The smallest absolute Gasteiger partial charge is 0.325 e. The third-order valence-electron chi connectivity index (χ3n) is 5.54. The summed E-state index contributed by atoms with van der Waals surface area (Å²) in [7, 11) is 0. The lowest BCUT2D eigenvalue weighted by Crippen LogP contribution is -2.49. The van der Waals surface area contributed by atoms with E-state index in [2.05, 4.69) is 19.2 Å². The molecule has 6 heteroatoms. The first kappa shape index (κ1) is 18.7. The van der Waals surface area contributed by atoms with Crippen molar-refractivity contribution in [2.24, 2.45) is 5.92 Å². The Morgan fingerprint density at radius 3 is 2.54 bits per heavy atom. The van der Waals surface area contributed by atoms with E-state index in [1.165, 1.54) is 5.56 Å². The predicted octanol–water partition coefficient (Wildman–Crippen LogP) is 2.49. The van der Waals surface area contributed by atoms with Crippen molar-refractivity contribution < 1.29 is 19.4 Å². The summed E-state index contributed by atoms with van der Waals surface area (Å²) in [6, 6.07) is 7.27. The van der Waals surface area contributed by atoms with Crippen LogP contribution in [0.2, 0.25) is 0 Å². The second-order valence-electron chi connectivity index (χ2n) is 7.57. The van der Waals surface area contributed by atoms with E-state index in [4.69, 9.17) is 4.74 Å². The Morgan fingerprint density at radius 2 is 1.92 bits per heavy atom. The van der Waals surface area contributed by atoms with E-state index in [0.717, 1.165) is 24.2 Å². The van der Waals surface area contributed by atoms with Crippen molar-refractivity contribution in [2.45, 2.75) is 57.6 Å². The number of amides is 3. The molecule has 3 rings (SSSR count). The number of hydrogen-bond acceptors (Lipinski definition) is 4. The molecule has 6 nitrogen and oxygen atoms in total. The van der Waals surface area contributed by atoms with Crippen LogP contribution in [0.25, 0.3) is 0 Å². The summed E-state index contributed by atoms with van der Waals surface area (Å²) >= 11 is 0. The molecule has 1 aliphatic carbocycles. The minimum Gasteiger partial charge on any atom is -0.491 e. The zero-order valence-corrected chi connectivity index (χ0v) is 15.5. The van der Waals surface area contributed by atoms with Gasteiger partial charge in [0, 0.05) is 0 Å². The van der Waals surface area contributed by atoms with E-state index in [-0.39, 0.29) is 19.1 Å². The number of nitrogens with zero attached hydrogens (tertiary/aromatic N) is 1. The molecule has 1 aromatic carbocycles. The number of hydrogen-bond donors (Lipinski definition) is 2. The Bertz CT molecular complexity index is 650. The highest BCUT2D eigenvalue weighted by Gasteiger charge is 2.52. The first-order chi connectivity index (χ1) is 12.4. The van der Waals surface area contributed by atoms with Crippen LogP contribution in [0.5, 0.6) is 5.75 Å². The highest BCUT2D eigenvalue weighted by molar-refractivity contribution is 6.07. The van der Waals surface area contributed by atoms with Crippen LogP contribution in [0.15, 0.2) is 24.3 Å². The van der Waals surface area contributed by atoms with E-state index in [1.54, 1.807) is 0 Å². The van der Waals surface area contributed by atoms with E-state index in [9.17, 15) is 14.7 Å².